The van der Waals surface area contributed by atoms with Crippen molar-refractivity contribution in [3.8, 4) is 0 Å². The van der Waals surface area contributed by atoms with E-state index in [1.54, 1.807) is 19.2 Å². The second-order valence-electron chi connectivity index (χ2n) is 7.62. The molecule has 2 aromatic rings. The third kappa shape index (κ3) is 8.78. The normalized spacial score (nSPS) is 12.9. The Bertz CT molecular complexity index is 927. The van der Waals surface area contributed by atoms with E-state index < -0.39 is 9.84 Å². The van der Waals surface area contributed by atoms with E-state index in [4.69, 9.17) is 0 Å². The zero-order valence-corrected chi connectivity index (χ0v) is 22.2. The number of aryl methyl sites for hydroxylation is 1. The molecule has 1 atom stereocenters. The molecule has 0 aliphatic carbocycles. The summed E-state index contributed by atoms with van der Waals surface area (Å²) in [6, 6.07) is 16.0. The van der Waals surface area contributed by atoms with Crippen molar-refractivity contribution in [3.05, 3.63) is 65.2 Å². The summed E-state index contributed by atoms with van der Waals surface area (Å²) in [5.74, 6) is 0.750. The molecular formula is C23H35IN4O2S. The Hall–Kier alpha value is -1.65. The van der Waals surface area contributed by atoms with E-state index in [1.807, 2.05) is 12.1 Å². The second-order valence-corrected chi connectivity index (χ2v) is 9.64. The van der Waals surface area contributed by atoms with E-state index in [0.29, 0.717) is 11.4 Å². The van der Waals surface area contributed by atoms with E-state index in [2.05, 4.69) is 65.8 Å². The molecule has 0 saturated heterocycles. The molecule has 0 fully saturated rings. The second kappa shape index (κ2) is 13.0. The van der Waals surface area contributed by atoms with Crippen LogP contribution in [-0.4, -0.2) is 59.8 Å². The molecule has 0 aliphatic heterocycles. The van der Waals surface area contributed by atoms with Gasteiger partial charge in [-0.25, -0.2) is 8.42 Å². The number of rotatable bonds is 9. The first kappa shape index (κ1) is 27.4. The molecule has 6 nitrogen and oxygen atoms in total. The SMILES string of the molecule is CCc1ccc(C(CNC(=NC)NCCc2ccc(S(C)(=O)=O)cc2)N(C)C)cc1.I. The van der Waals surface area contributed by atoms with Gasteiger partial charge in [0.05, 0.1) is 10.9 Å². The summed E-state index contributed by atoms with van der Waals surface area (Å²) < 4.78 is 23.1. The van der Waals surface area contributed by atoms with E-state index in [1.165, 1.54) is 17.4 Å². The molecule has 0 saturated carbocycles. The van der Waals surface area contributed by atoms with Crippen LogP contribution in [0.3, 0.4) is 0 Å². The van der Waals surface area contributed by atoms with E-state index in [-0.39, 0.29) is 30.0 Å². The van der Waals surface area contributed by atoms with E-state index in [9.17, 15) is 8.42 Å². The zero-order valence-electron chi connectivity index (χ0n) is 19.1. The predicted molar refractivity (Wildman–Crippen MR) is 140 cm³/mol. The monoisotopic (exact) mass is 558 g/mol. The van der Waals surface area contributed by atoms with Gasteiger partial charge >= 0.3 is 0 Å². The third-order valence-corrected chi connectivity index (χ3v) is 6.27. The molecule has 2 rings (SSSR count). The van der Waals surface area contributed by atoms with E-state index in [0.717, 1.165) is 30.9 Å². The number of halogens is 1. The van der Waals surface area contributed by atoms with Crippen LogP contribution in [0.5, 0.6) is 0 Å². The number of sulfone groups is 1. The quantitative estimate of drug-likeness (QED) is 0.281. The maximum Gasteiger partial charge on any atom is 0.191 e. The predicted octanol–water partition coefficient (Wildman–Crippen LogP) is 3.28. The Morgan fingerprint density at radius 1 is 1.00 bits per heavy atom. The molecular weight excluding hydrogens is 523 g/mol. The third-order valence-electron chi connectivity index (χ3n) is 5.14. The largest absolute Gasteiger partial charge is 0.356 e. The fourth-order valence-corrected chi connectivity index (χ4v) is 3.85. The van der Waals surface area contributed by atoms with Crippen LogP contribution < -0.4 is 10.6 Å². The first-order chi connectivity index (χ1) is 14.2. The van der Waals surface area contributed by atoms with Crippen molar-refractivity contribution in [2.75, 3.05) is 40.5 Å². The average molecular weight is 559 g/mol. The minimum Gasteiger partial charge on any atom is -0.356 e. The Labute approximate surface area is 204 Å². The van der Waals surface area contributed by atoms with Crippen LogP contribution in [-0.2, 0) is 22.7 Å². The first-order valence-electron chi connectivity index (χ1n) is 10.2. The van der Waals surface area contributed by atoms with Crippen LogP contribution in [0.25, 0.3) is 0 Å². The molecule has 0 aromatic heterocycles. The Balaban J connectivity index is 0.00000480. The van der Waals surface area contributed by atoms with Crippen LogP contribution in [0.2, 0.25) is 0 Å². The summed E-state index contributed by atoms with van der Waals surface area (Å²) in [5.41, 5.74) is 3.69. The molecule has 0 spiro atoms. The lowest BCUT2D eigenvalue weighted by molar-refractivity contribution is 0.298. The van der Waals surface area contributed by atoms with Crippen LogP contribution in [0, 0.1) is 0 Å². The van der Waals surface area contributed by atoms with Gasteiger partial charge in [0, 0.05) is 26.4 Å². The Morgan fingerprint density at radius 2 is 1.58 bits per heavy atom. The van der Waals surface area contributed by atoms with Crippen molar-refractivity contribution in [1.29, 1.82) is 0 Å². The van der Waals surface area contributed by atoms with Crippen LogP contribution >= 0.6 is 24.0 Å². The minimum absolute atomic E-state index is 0. The summed E-state index contributed by atoms with van der Waals surface area (Å²) in [6.07, 6.45) is 3.04. The molecule has 0 heterocycles. The van der Waals surface area contributed by atoms with Crippen molar-refractivity contribution in [3.63, 3.8) is 0 Å². The minimum atomic E-state index is -3.16. The highest BCUT2D eigenvalue weighted by molar-refractivity contribution is 14.0. The van der Waals surface area contributed by atoms with Crippen molar-refractivity contribution in [1.82, 2.24) is 15.5 Å². The lowest BCUT2D eigenvalue weighted by Crippen LogP contribution is -2.42. The highest BCUT2D eigenvalue weighted by Gasteiger charge is 2.14. The topological polar surface area (TPSA) is 73.8 Å². The van der Waals surface area contributed by atoms with Crippen molar-refractivity contribution >= 4 is 39.8 Å². The van der Waals surface area contributed by atoms with Gasteiger partial charge < -0.3 is 15.5 Å². The summed E-state index contributed by atoms with van der Waals surface area (Å²) in [4.78, 5) is 6.86. The van der Waals surface area contributed by atoms with Crippen LogP contribution in [0.4, 0.5) is 0 Å². The standard InChI is InChI=1S/C23H34N4O2S.HI/c1-6-18-7-11-20(12-8-18)22(27(3)4)17-26-23(24-2)25-16-15-19-9-13-21(14-10-19)30(5,28)29;/h7-14,22H,6,15-17H2,1-5H3,(H2,24,25,26);1H. The van der Waals surface area contributed by atoms with Crippen LogP contribution in [0.1, 0.15) is 29.7 Å². The van der Waals surface area contributed by atoms with Gasteiger partial charge in [-0.05, 0) is 55.8 Å². The molecule has 0 aliphatic rings. The van der Waals surface area contributed by atoms with Gasteiger partial charge in [-0.1, -0.05) is 43.3 Å². The van der Waals surface area contributed by atoms with E-state index >= 15 is 0 Å². The number of benzene rings is 2. The lowest BCUT2D eigenvalue weighted by atomic mass is 10.0. The van der Waals surface area contributed by atoms with Gasteiger partial charge in [0.15, 0.2) is 15.8 Å². The Morgan fingerprint density at radius 3 is 2.06 bits per heavy atom. The summed E-state index contributed by atoms with van der Waals surface area (Å²) in [6.45, 7) is 3.60. The maximum atomic E-state index is 11.6. The molecule has 1 unspecified atom stereocenters. The summed E-state index contributed by atoms with van der Waals surface area (Å²) in [5, 5.41) is 6.74. The number of guanidine groups is 1. The molecule has 2 aromatic carbocycles. The molecule has 0 radical (unpaired) electrons. The summed E-state index contributed by atoms with van der Waals surface area (Å²) >= 11 is 0. The molecule has 2 N–H and O–H groups in total. The highest BCUT2D eigenvalue weighted by Crippen LogP contribution is 2.18. The van der Waals surface area contributed by atoms with Gasteiger partial charge in [0.1, 0.15) is 0 Å². The molecule has 0 bridgehead atoms. The number of aliphatic imine (C=N–C) groups is 1. The fourth-order valence-electron chi connectivity index (χ4n) is 3.22. The molecule has 172 valence electrons. The van der Waals surface area contributed by atoms with Gasteiger partial charge in [-0.2, -0.15) is 0 Å². The van der Waals surface area contributed by atoms with Gasteiger partial charge in [0.2, 0.25) is 0 Å². The molecule has 31 heavy (non-hydrogen) atoms. The molecule has 8 heteroatoms. The highest BCUT2D eigenvalue weighted by atomic mass is 127. The zero-order chi connectivity index (χ0) is 22.1. The number of nitrogens with one attached hydrogen (secondary N) is 2. The Kier molecular flexibility index (Phi) is 11.5. The maximum absolute atomic E-state index is 11.6. The smallest absolute Gasteiger partial charge is 0.191 e. The summed E-state index contributed by atoms with van der Waals surface area (Å²) in [7, 11) is 2.76. The van der Waals surface area contributed by atoms with Gasteiger partial charge in [-0.15, -0.1) is 24.0 Å². The molecule has 0 amide bonds. The first-order valence-corrected chi connectivity index (χ1v) is 12.1. The van der Waals surface area contributed by atoms with Crippen molar-refractivity contribution in [2.45, 2.75) is 30.7 Å². The number of nitrogens with zero attached hydrogens (tertiary/aromatic N) is 2. The fraction of sp³-hybridized carbons (Fsp3) is 0.435. The lowest BCUT2D eigenvalue weighted by Gasteiger charge is -2.26. The van der Waals surface area contributed by atoms with Crippen molar-refractivity contribution in [2.24, 2.45) is 4.99 Å². The average Bonchev–Trinajstić information content (AvgIpc) is 2.72. The number of likely N-dealkylation sites (N-methyl/N-ethyl adjacent to an activating group) is 1. The number of hydrogen-bond acceptors (Lipinski definition) is 4. The number of hydrogen-bond donors (Lipinski definition) is 2. The van der Waals surface area contributed by atoms with Crippen molar-refractivity contribution < 1.29 is 8.42 Å². The van der Waals surface area contributed by atoms with Gasteiger partial charge in [0.25, 0.3) is 0 Å². The van der Waals surface area contributed by atoms with Crippen LogP contribution in [0.15, 0.2) is 58.4 Å². The van der Waals surface area contributed by atoms with Gasteiger partial charge in [-0.3, -0.25) is 4.99 Å².